The van der Waals surface area contributed by atoms with Crippen LogP contribution in [0.5, 0.6) is 23.0 Å². The van der Waals surface area contributed by atoms with Crippen LogP contribution in [0.15, 0.2) is 121 Å². The largest absolute Gasteiger partial charge is 0.493 e. The SMILES string of the molecule is CCCOc1c2cccc1Cc1cc(Nc3nc(N)nc(N[C@H](C)c4ccccc4)n3)cc(c1OCCC)Cc1cccc(c1OCCC)Cc1cc(Nc3nc(N)nc(N[C@@H](C)c4ccccc4)n3)cc(c1OCCC)C2. The molecule has 0 aliphatic heterocycles. The first-order valence-electron chi connectivity index (χ1n) is 27.3. The zero-order valence-corrected chi connectivity index (χ0v) is 45.7. The van der Waals surface area contributed by atoms with Crippen molar-refractivity contribution in [2.24, 2.45) is 0 Å². The van der Waals surface area contributed by atoms with E-state index in [0.717, 1.165) is 116 Å². The summed E-state index contributed by atoms with van der Waals surface area (Å²) in [5, 5.41) is 13.9. The van der Waals surface area contributed by atoms with Crippen LogP contribution in [0.25, 0.3) is 0 Å². The Hall–Kier alpha value is -8.66. The van der Waals surface area contributed by atoms with Gasteiger partial charge in [0.1, 0.15) is 23.0 Å². The molecule has 2 heterocycles. The molecule has 0 unspecified atom stereocenters. The van der Waals surface area contributed by atoms with E-state index < -0.39 is 0 Å². The first-order valence-corrected chi connectivity index (χ1v) is 27.3. The normalized spacial score (nSPS) is 12.7. The number of aromatic nitrogens is 6. The molecule has 0 amide bonds. The highest BCUT2D eigenvalue weighted by Crippen LogP contribution is 2.42. The van der Waals surface area contributed by atoms with Gasteiger partial charge in [0, 0.05) is 59.3 Å². The fraction of sp³-hybridized carbons (Fsp3) is 0.323. The molecule has 9 rings (SSSR count). The monoisotopic (exact) mass is 1050 g/mol. The molecule has 16 heteroatoms. The number of nitrogen functional groups attached to an aromatic ring is 2. The summed E-state index contributed by atoms with van der Waals surface area (Å²) in [5.74, 6) is 4.76. The minimum Gasteiger partial charge on any atom is -0.493 e. The molecule has 0 saturated heterocycles. The van der Waals surface area contributed by atoms with Gasteiger partial charge in [0.05, 0.1) is 38.5 Å². The van der Waals surface area contributed by atoms with E-state index in [1.165, 1.54) is 0 Å². The lowest BCUT2D eigenvalue weighted by Crippen LogP contribution is -2.13. The summed E-state index contributed by atoms with van der Waals surface area (Å²) in [4.78, 5) is 27.7. The number of ether oxygens (including phenoxy) is 4. The van der Waals surface area contributed by atoms with Gasteiger partial charge in [-0.2, -0.15) is 29.9 Å². The van der Waals surface area contributed by atoms with Crippen molar-refractivity contribution >= 4 is 47.1 Å². The van der Waals surface area contributed by atoms with Gasteiger partial charge in [0.25, 0.3) is 0 Å². The molecule has 6 aromatic carbocycles. The van der Waals surface area contributed by atoms with Crippen molar-refractivity contribution in [3.8, 4) is 23.0 Å². The lowest BCUT2D eigenvalue weighted by atomic mass is 9.90. The molecule has 0 saturated carbocycles. The van der Waals surface area contributed by atoms with Crippen molar-refractivity contribution in [1.82, 2.24) is 29.9 Å². The molecule has 8 N–H and O–H groups in total. The lowest BCUT2D eigenvalue weighted by molar-refractivity contribution is 0.304. The highest BCUT2D eigenvalue weighted by molar-refractivity contribution is 5.67. The average Bonchev–Trinajstić information content (AvgIpc) is 3.42. The molecule has 2 atom stereocenters. The second-order valence-corrected chi connectivity index (χ2v) is 19.6. The summed E-state index contributed by atoms with van der Waals surface area (Å²) in [6.45, 7) is 14.7. The van der Waals surface area contributed by atoms with Crippen LogP contribution in [-0.2, 0) is 25.7 Å². The van der Waals surface area contributed by atoms with E-state index in [4.69, 9.17) is 40.4 Å². The van der Waals surface area contributed by atoms with Gasteiger partial charge >= 0.3 is 0 Å². The number of fused-ring (bicyclic) bond motifs is 8. The number of nitrogens with two attached hydrogens (primary N) is 2. The van der Waals surface area contributed by atoms with Crippen LogP contribution in [-0.4, -0.2) is 56.3 Å². The minimum atomic E-state index is -0.0843. The first kappa shape index (κ1) is 54.1. The summed E-state index contributed by atoms with van der Waals surface area (Å²) in [6.07, 6.45) is 5.24. The number of hydrogen-bond donors (Lipinski definition) is 6. The maximum absolute atomic E-state index is 6.85. The summed E-state index contributed by atoms with van der Waals surface area (Å²) < 4.78 is 27.4. The maximum Gasteiger partial charge on any atom is 0.233 e. The minimum absolute atomic E-state index is 0.0843. The van der Waals surface area contributed by atoms with Gasteiger partial charge in [-0.3, -0.25) is 0 Å². The van der Waals surface area contributed by atoms with Crippen LogP contribution < -0.4 is 51.7 Å². The molecule has 0 spiro atoms. The summed E-state index contributed by atoms with van der Waals surface area (Å²) in [5.41, 5.74) is 24.3. The van der Waals surface area contributed by atoms with Gasteiger partial charge in [-0.05, 0) is 97.2 Å². The molecule has 0 fully saturated rings. The van der Waals surface area contributed by atoms with E-state index in [9.17, 15) is 0 Å². The average molecular weight is 1050 g/mol. The lowest BCUT2D eigenvalue weighted by Gasteiger charge is -2.24. The molecule has 0 radical (unpaired) electrons. The molecule has 2 aromatic heterocycles. The van der Waals surface area contributed by atoms with Crippen molar-refractivity contribution in [1.29, 1.82) is 0 Å². The number of hydrogen-bond acceptors (Lipinski definition) is 16. The third-order valence-electron chi connectivity index (χ3n) is 13.3. The standard InChI is InChI=1S/C62H72N12O4/c1-7-27-75-53-43-23-17-24-44(53)32-48-36-52(68-62-72-58(64)70-60(74-62)66-40(6)42-21-15-12-16-22-42)38-50(56(48)78-30-10-4)34-46-26-18-25-45(54(46)76-28-8-2)33-49-37-51(35-47(31-43)55(49)77-29-9-3)67-61-71-57(63)69-59(73-61)65-39(5)41-19-13-11-14-20-41/h11-26,35-40H,7-10,27-34H2,1-6H3,(H4,63,65,67,69,71,73)(H4,64,66,68,70,72,74)/t39-,40+. The van der Waals surface area contributed by atoms with E-state index in [-0.39, 0.29) is 24.0 Å². The quantitative estimate of drug-likeness (QED) is 0.0372. The number of rotatable bonds is 22. The Labute approximate surface area is 458 Å². The van der Waals surface area contributed by atoms with Crippen molar-refractivity contribution in [3.63, 3.8) is 0 Å². The van der Waals surface area contributed by atoms with Crippen LogP contribution >= 0.6 is 0 Å². The van der Waals surface area contributed by atoms with Crippen LogP contribution in [0.2, 0.25) is 0 Å². The molecule has 8 aromatic rings. The fourth-order valence-corrected chi connectivity index (χ4v) is 9.71. The van der Waals surface area contributed by atoms with E-state index in [1.54, 1.807) is 0 Å². The van der Waals surface area contributed by atoms with Crippen molar-refractivity contribution in [3.05, 3.63) is 177 Å². The maximum atomic E-state index is 6.85. The van der Waals surface area contributed by atoms with Crippen LogP contribution in [0.4, 0.5) is 47.1 Å². The summed E-state index contributed by atoms with van der Waals surface area (Å²) in [6, 6.07) is 41.4. The van der Waals surface area contributed by atoms with Crippen LogP contribution in [0.1, 0.15) is 135 Å². The zero-order valence-electron chi connectivity index (χ0n) is 45.7. The summed E-state index contributed by atoms with van der Waals surface area (Å²) in [7, 11) is 0. The van der Waals surface area contributed by atoms with Gasteiger partial charge < -0.3 is 51.7 Å². The van der Waals surface area contributed by atoms with Crippen molar-refractivity contribution in [2.45, 2.75) is 105 Å². The second kappa shape index (κ2) is 25.9. The Morgan fingerprint density at radius 1 is 0.385 bits per heavy atom. The predicted octanol–water partition coefficient (Wildman–Crippen LogP) is 12.9. The smallest absolute Gasteiger partial charge is 0.233 e. The third kappa shape index (κ3) is 13.7. The fourth-order valence-electron chi connectivity index (χ4n) is 9.71. The molecular weight excluding hydrogens is 977 g/mol. The Morgan fingerprint density at radius 3 is 0.987 bits per heavy atom. The number of nitrogens with zero attached hydrogens (tertiary/aromatic N) is 6. The van der Waals surface area contributed by atoms with E-state index in [1.807, 2.05) is 36.4 Å². The van der Waals surface area contributed by atoms with Crippen LogP contribution in [0, 0.1) is 0 Å². The Bertz CT molecular complexity index is 2980. The molecule has 404 valence electrons. The molecule has 78 heavy (non-hydrogen) atoms. The van der Waals surface area contributed by atoms with Gasteiger partial charge in [0.2, 0.25) is 35.7 Å². The number of benzene rings is 6. The van der Waals surface area contributed by atoms with E-state index in [2.05, 4.69) is 168 Å². The van der Waals surface area contributed by atoms with E-state index >= 15 is 0 Å². The van der Waals surface area contributed by atoms with Gasteiger partial charge in [0.15, 0.2) is 0 Å². The molecule has 8 bridgehead atoms. The molecule has 1 aliphatic carbocycles. The Morgan fingerprint density at radius 2 is 0.679 bits per heavy atom. The zero-order chi connectivity index (χ0) is 54.4. The van der Waals surface area contributed by atoms with Gasteiger partial charge in [-0.1, -0.05) is 125 Å². The van der Waals surface area contributed by atoms with E-state index in [0.29, 0.717) is 75.9 Å². The highest BCUT2D eigenvalue weighted by Gasteiger charge is 2.24. The molecule has 16 nitrogen and oxygen atoms in total. The van der Waals surface area contributed by atoms with Crippen molar-refractivity contribution < 1.29 is 18.9 Å². The second-order valence-electron chi connectivity index (χ2n) is 19.6. The molecular formula is C62H72N12O4. The van der Waals surface area contributed by atoms with Crippen LogP contribution in [0.3, 0.4) is 0 Å². The molecule has 1 aliphatic rings. The first-order chi connectivity index (χ1) is 38.1. The summed E-state index contributed by atoms with van der Waals surface area (Å²) >= 11 is 0. The number of anilines is 8. The Kier molecular flexibility index (Phi) is 18.0. The highest BCUT2D eigenvalue weighted by atomic mass is 16.5. The van der Waals surface area contributed by atoms with Gasteiger partial charge in [-0.25, -0.2) is 0 Å². The predicted molar refractivity (Wildman–Crippen MR) is 312 cm³/mol. The van der Waals surface area contributed by atoms with Gasteiger partial charge in [-0.15, -0.1) is 0 Å². The van der Waals surface area contributed by atoms with Crippen molar-refractivity contribution in [2.75, 3.05) is 59.2 Å². The third-order valence-corrected chi connectivity index (χ3v) is 13.3. The topological polar surface area (TPSA) is 214 Å². The Balaban J connectivity index is 1.18. The number of para-hydroxylation sites is 2. The number of nitrogens with one attached hydrogen (secondary N) is 4.